The molecule has 3 heteroatoms. The van der Waals surface area contributed by atoms with Crippen molar-refractivity contribution in [2.24, 2.45) is 5.73 Å². The first kappa shape index (κ1) is 11.6. The Bertz CT molecular complexity index is 307. The zero-order valence-corrected chi connectivity index (χ0v) is 9.47. The van der Waals surface area contributed by atoms with E-state index in [9.17, 15) is 0 Å². The Labute approximate surface area is 96.6 Å². The average molecular weight is 221 g/mol. The van der Waals surface area contributed by atoms with Gasteiger partial charge in [0, 0.05) is 12.6 Å². The molecule has 0 spiro atoms. The Morgan fingerprint density at radius 1 is 1.44 bits per heavy atom. The van der Waals surface area contributed by atoms with Gasteiger partial charge >= 0.3 is 0 Å². The fourth-order valence-electron chi connectivity index (χ4n) is 1.82. The van der Waals surface area contributed by atoms with Gasteiger partial charge in [0.1, 0.15) is 0 Å². The molecule has 1 heterocycles. The molecule has 0 aromatic heterocycles. The van der Waals surface area contributed by atoms with Crippen molar-refractivity contribution in [2.75, 3.05) is 19.8 Å². The fourth-order valence-corrected chi connectivity index (χ4v) is 1.82. The first-order chi connectivity index (χ1) is 7.86. The Kier molecular flexibility index (Phi) is 4.34. The molecule has 0 bridgehead atoms. The Hall–Kier alpha value is -0.900. The number of hydrogen-bond acceptors (Lipinski definition) is 3. The molecule has 0 saturated carbocycles. The lowest BCUT2D eigenvalue weighted by Crippen LogP contribution is -2.44. The number of ether oxygens (including phenoxy) is 2. The Morgan fingerprint density at radius 3 is 3.25 bits per heavy atom. The van der Waals surface area contributed by atoms with E-state index >= 15 is 0 Å². The molecule has 1 aliphatic carbocycles. The normalized spacial score (nSPS) is 29.9. The van der Waals surface area contributed by atoms with Crippen LogP contribution in [0, 0.1) is 0 Å². The molecule has 0 amide bonds. The molecule has 16 heavy (non-hydrogen) atoms. The number of rotatable bonds is 3. The van der Waals surface area contributed by atoms with Gasteiger partial charge in [0.25, 0.3) is 0 Å². The molecule has 2 unspecified atom stereocenters. The third-order valence-electron chi connectivity index (χ3n) is 2.87. The first-order valence-electron chi connectivity index (χ1n) is 5.83. The van der Waals surface area contributed by atoms with Gasteiger partial charge in [-0.3, -0.25) is 0 Å². The highest BCUT2D eigenvalue weighted by molar-refractivity contribution is 5.27. The molecule has 3 nitrogen and oxygen atoms in total. The van der Waals surface area contributed by atoms with Crippen molar-refractivity contribution in [3.05, 3.63) is 36.0 Å². The fraction of sp³-hybridized carbons (Fsp3) is 0.538. The molecule has 2 rings (SSSR count). The monoisotopic (exact) mass is 221 g/mol. The number of nitrogens with two attached hydrogens (primary N) is 1. The van der Waals surface area contributed by atoms with E-state index in [1.807, 2.05) is 0 Å². The molecule has 1 aliphatic heterocycles. The van der Waals surface area contributed by atoms with Crippen LogP contribution < -0.4 is 5.73 Å². The Balaban J connectivity index is 1.81. The Morgan fingerprint density at radius 2 is 2.38 bits per heavy atom. The van der Waals surface area contributed by atoms with Gasteiger partial charge in [-0.05, 0) is 18.4 Å². The maximum absolute atomic E-state index is 5.97. The summed E-state index contributed by atoms with van der Waals surface area (Å²) in [6, 6.07) is 0.111. The van der Waals surface area contributed by atoms with Gasteiger partial charge in [-0.25, -0.2) is 0 Å². The average Bonchev–Trinajstić information content (AvgIpc) is 2.56. The van der Waals surface area contributed by atoms with Crippen LogP contribution in [0.2, 0.25) is 0 Å². The van der Waals surface area contributed by atoms with Crippen molar-refractivity contribution >= 4 is 0 Å². The largest absolute Gasteiger partial charge is 0.379 e. The summed E-state index contributed by atoms with van der Waals surface area (Å²) >= 11 is 0. The summed E-state index contributed by atoms with van der Waals surface area (Å²) in [7, 11) is 0. The second-order valence-electron chi connectivity index (χ2n) is 4.18. The molecule has 0 aromatic carbocycles. The van der Waals surface area contributed by atoms with Crippen LogP contribution in [-0.4, -0.2) is 32.0 Å². The second kappa shape index (κ2) is 5.99. The zero-order valence-electron chi connectivity index (χ0n) is 9.47. The van der Waals surface area contributed by atoms with Crippen LogP contribution in [0.4, 0.5) is 0 Å². The SMILES string of the molecule is NC1CCOCC1OCC1=CC=CCC=C1. The predicted molar refractivity (Wildman–Crippen MR) is 64.1 cm³/mol. The molecule has 1 saturated heterocycles. The van der Waals surface area contributed by atoms with E-state index in [2.05, 4.69) is 30.4 Å². The summed E-state index contributed by atoms with van der Waals surface area (Å²) < 4.78 is 11.1. The van der Waals surface area contributed by atoms with Crippen molar-refractivity contribution in [1.29, 1.82) is 0 Å². The zero-order chi connectivity index (χ0) is 11.2. The van der Waals surface area contributed by atoms with Crippen LogP contribution in [0.25, 0.3) is 0 Å². The summed E-state index contributed by atoms with van der Waals surface area (Å²) in [5.41, 5.74) is 7.16. The highest BCUT2D eigenvalue weighted by Gasteiger charge is 2.22. The summed E-state index contributed by atoms with van der Waals surface area (Å²) in [6.45, 7) is 1.99. The summed E-state index contributed by atoms with van der Waals surface area (Å²) in [6.07, 6.45) is 12.4. The van der Waals surface area contributed by atoms with Crippen LogP contribution in [0.5, 0.6) is 0 Å². The lowest BCUT2D eigenvalue weighted by molar-refractivity contribution is -0.0537. The van der Waals surface area contributed by atoms with Crippen molar-refractivity contribution in [1.82, 2.24) is 0 Å². The molecule has 1 fully saturated rings. The van der Waals surface area contributed by atoms with Crippen molar-refractivity contribution in [3.8, 4) is 0 Å². The van der Waals surface area contributed by atoms with Gasteiger partial charge in [-0.2, -0.15) is 0 Å². The van der Waals surface area contributed by atoms with Gasteiger partial charge in [0.2, 0.25) is 0 Å². The topological polar surface area (TPSA) is 44.5 Å². The maximum atomic E-state index is 5.97. The minimum absolute atomic E-state index is 0.0373. The highest BCUT2D eigenvalue weighted by atomic mass is 16.5. The van der Waals surface area contributed by atoms with E-state index in [1.165, 1.54) is 5.57 Å². The van der Waals surface area contributed by atoms with E-state index in [0.717, 1.165) is 19.4 Å². The van der Waals surface area contributed by atoms with E-state index in [1.54, 1.807) is 0 Å². The molecule has 2 atom stereocenters. The van der Waals surface area contributed by atoms with Gasteiger partial charge < -0.3 is 15.2 Å². The van der Waals surface area contributed by atoms with Gasteiger partial charge in [-0.15, -0.1) is 0 Å². The first-order valence-corrected chi connectivity index (χ1v) is 5.83. The lowest BCUT2D eigenvalue weighted by atomic mass is 10.1. The number of hydrogen-bond donors (Lipinski definition) is 1. The van der Waals surface area contributed by atoms with Crippen molar-refractivity contribution in [3.63, 3.8) is 0 Å². The summed E-state index contributed by atoms with van der Waals surface area (Å²) in [5.74, 6) is 0. The molecule has 2 N–H and O–H groups in total. The summed E-state index contributed by atoms with van der Waals surface area (Å²) in [4.78, 5) is 0. The van der Waals surface area contributed by atoms with E-state index in [4.69, 9.17) is 15.2 Å². The lowest BCUT2D eigenvalue weighted by Gasteiger charge is -2.28. The van der Waals surface area contributed by atoms with E-state index in [-0.39, 0.29) is 12.1 Å². The van der Waals surface area contributed by atoms with Crippen LogP contribution >= 0.6 is 0 Å². The molecule has 0 aromatic rings. The number of allylic oxidation sites excluding steroid dienone is 4. The van der Waals surface area contributed by atoms with Gasteiger partial charge in [0.05, 0.1) is 19.3 Å². The molecule has 88 valence electrons. The molecule has 2 aliphatic rings. The second-order valence-corrected chi connectivity index (χ2v) is 4.18. The minimum Gasteiger partial charge on any atom is -0.379 e. The van der Waals surface area contributed by atoms with Gasteiger partial charge in [0.15, 0.2) is 0 Å². The van der Waals surface area contributed by atoms with Crippen LogP contribution in [0.15, 0.2) is 36.0 Å². The third kappa shape index (κ3) is 3.30. The molecule has 0 radical (unpaired) electrons. The van der Waals surface area contributed by atoms with Crippen LogP contribution in [0.3, 0.4) is 0 Å². The predicted octanol–water partition coefficient (Wildman–Crippen LogP) is 1.56. The molecular weight excluding hydrogens is 202 g/mol. The van der Waals surface area contributed by atoms with E-state index < -0.39 is 0 Å². The maximum Gasteiger partial charge on any atom is 0.0964 e. The van der Waals surface area contributed by atoms with Crippen molar-refractivity contribution < 1.29 is 9.47 Å². The van der Waals surface area contributed by atoms with Crippen molar-refractivity contribution in [2.45, 2.75) is 25.0 Å². The smallest absolute Gasteiger partial charge is 0.0964 e. The molecular formula is C13H19NO2. The standard InChI is InChI=1S/C13H19NO2/c14-12-7-8-15-10-13(12)16-9-11-5-3-1-2-4-6-11/h1,3-6,12-13H,2,7-10,14H2. The van der Waals surface area contributed by atoms with Gasteiger partial charge in [-0.1, -0.05) is 30.4 Å². The van der Waals surface area contributed by atoms with Crippen LogP contribution in [-0.2, 0) is 9.47 Å². The highest BCUT2D eigenvalue weighted by Crippen LogP contribution is 2.12. The van der Waals surface area contributed by atoms with E-state index in [0.29, 0.717) is 13.2 Å². The summed E-state index contributed by atoms with van der Waals surface area (Å²) in [5, 5.41) is 0. The van der Waals surface area contributed by atoms with Crippen LogP contribution in [0.1, 0.15) is 12.8 Å². The minimum atomic E-state index is 0.0373. The quantitative estimate of drug-likeness (QED) is 0.786. The third-order valence-corrected chi connectivity index (χ3v) is 2.87.